The van der Waals surface area contributed by atoms with Gasteiger partial charge in [-0.05, 0) is 71.6 Å². The van der Waals surface area contributed by atoms with Crippen LogP contribution in [-0.2, 0) is 14.0 Å². The summed E-state index contributed by atoms with van der Waals surface area (Å²) in [6.07, 6.45) is 1.79. The van der Waals surface area contributed by atoms with E-state index in [2.05, 4.69) is 0 Å². The van der Waals surface area contributed by atoms with E-state index >= 15 is 0 Å². The van der Waals surface area contributed by atoms with Gasteiger partial charge in [-0.1, -0.05) is 18.2 Å². The Kier molecular flexibility index (Phi) is 5.71. The molecule has 1 heterocycles. The van der Waals surface area contributed by atoms with E-state index in [1.165, 1.54) is 0 Å². The molecule has 1 N–H and O–H groups in total. The Balaban J connectivity index is 2.25. The molecule has 26 heavy (non-hydrogen) atoms. The second kappa shape index (κ2) is 7.18. The van der Waals surface area contributed by atoms with E-state index in [0.717, 1.165) is 5.56 Å². The Morgan fingerprint density at radius 1 is 1.19 bits per heavy atom. The van der Waals surface area contributed by atoms with E-state index < -0.39 is 23.9 Å². The van der Waals surface area contributed by atoms with E-state index in [4.69, 9.17) is 14.0 Å². The van der Waals surface area contributed by atoms with E-state index in [9.17, 15) is 9.90 Å². The summed E-state index contributed by atoms with van der Waals surface area (Å²) in [5.41, 5.74) is 0.313. The third-order valence-electron chi connectivity index (χ3n) is 4.61. The van der Waals surface area contributed by atoms with Crippen molar-refractivity contribution < 1.29 is 23.9 Å². The van der Waals surface area contributed by atoms with Gasteiger partial charge in [-0.2, -0.15) is 0 Å². The minimum absolute atomic E-state index is 0.201. The highest BCUT2D eigenvalue weighted by molar-refractivity contribution is 6.55. The van der Waals surface area contributed by atoms with Gasteiger partial charge >= 0.3 is 13.1 Å². The van der Waals surface area contributed by atoms with Crippen LogP contribution in [0.15, 0.2) is 29.7 Å². The van der Waals surface area contributed by atoms with Crippen molar-refractivity contribution in [2.45, 2.75) is 65.3 Å². The molecule has 0 radical (unpaired) electrons. The molecule has 5 nitrogen and oxygen atoms in total. The van der Waals surface area contributed by atoms with Gasteiger partial charge in [0.15, 0.2) is 0 Å². The molecule has 0 aliphatic carbocycles. The topological polar surface area (TPSA) is 65.0 Å². The Hall–Kier alpha value is -1.63. The van der Waals surface area contributed by atoms with Gasteiger partial charge in [-0.15, -0.1) is 0 Å². The first-order valence-corrected chi connectivity index (χ1v) is 8.85. The zero-order valence-corrected chi connectivity index (χ0v) is 16.8. The molecule has 1 fully saturated rings. The first-order chi connectivity index (χ1) is 11.8. The van der Waals surface area contributed by atoms with Crippen molar-refractivity contribution in [2.24, 2.45) is 0 Å². The van der Waals surface area contributed by atoms with Crippen LogP contribution < -0.4 is 0 Å². The molecule has 0 unspecified atom stereocenters. The minimum Gasteiger partial charge on any atom is -0.456 e. The van der Waals surface area contributed by atoms with Crippen LogP contribution in [0, 0.1) is 0 Å². The van der Waals surface area contributed by atoms with Gasteiger partial charge in [-0.3, -0.25) is 0 Å². The summed E-state index contributed by atoms with van der Waals surface area (Å²) in [7, 11) is -0.629. The number of esters is 1. The van der Waals surface area contributed by atoms with Gasteiger partial charge in [0.2, 0.25) is 0 Å². The molecule has 1 aromatic carbocycles. The summed E-state index contributed by atoms with van der Waals surface area (Å²) in [6.45, 7) is 13.1. The zero-order valence-electron chi connectivity index (χ0n) is 16.8. The molecule has 142 valence electrons. The summed E-state index contributed by atoms with van der Waals surface area (Å²) < 4.78 is 17.4. The highest BCUT2D eigenvalue weighted by Crippen LogP contribution is 2.38. The molecule has 1 aromatic rings. The van der Waals surface area contributed by atoms with E-state index in [0.29, 0.717) is 11.0 Å². The average Bonchev–Trinajstić information content (AvgIpc) is 2.71. The molecule has 0 spiro atoms. The van der Waals surface area contributed by atoms with Crippen LogP contribution in [-0.4, -0.2) is 41.6 Å². The molecule has 0 amide bonds. The van der Waals surface area contributed by atoms with Crippen LogP contribution in [0.2, 0.25) is 0 Å². The molecule has 6 heteroatoms. The zero-order chi connectivity index (χ0) is 19.8. The molecule has 0 bridgehead atoms. The number of hydrogen-bond donors (Lipinski definition) is 1. The molecule has 1 aliphatic rings. The highest BCUT2D eigenvalue weighted by atomic mass is 16.7. The second-order valence-corrected chi connectivity index (χ2v) is 8.59. The van der Waals surface area contributed by atoms with Gasteiger partial charge in [0.1, 0.15) is 5.60 Å². The Bertz CT molecular complexity index is 684. The number of carbonyl (C=O) groups excluding carboxylic acids is 1. The molecular weight excluding hydrogens is 331 g/mol. The van der Waals surface area contributed by atoms with Crippen LogP contribution in [0.4, 0.5) is 0 Å². The molecule has 2 rings (SSSR count). The summed E-state index contributed by atoms with van der Waals surface area (Å²) in [4.78, 5) is 12.3. The fourth-order valence-electron chi connectivity index (χ4n) is 2.49. The van der Waals surface area contributed by atoms with Crippen LogP contribution >= 0.6 is 0 Å². The Morgan fingerprint density at radius 2 is 1.77 bits per heavy atom. The minimum atomic E-state index is -0.629. The number of ether oxygens (including phenoxy) is 1. The van der Waals surface area contributed by atoms with Crippen LogP contribution in [0.5, 0.6) is 0 Å². The standard InChI is InChI=1S/C20H29BO5/c1-18(2,3)24-17(23)15-10-8-9-14(11-15)12-16(13-22)21-25-19(4,5)20(6,7)26-21/h8-12,22H,13H2,1-7H3. The van der Waals surface area contributed by atoms with Crippen molar-refractivity contribution in [3.63, 3.8) is 0 Å². The van der Waals surface area contributed by atoms with Crippen LogP contribution in [0.1, 0.15) is 64.4 Å². The smallest absolute Gasteiger partial charge is 0.456 e. The first-order valence-electron chi connectivity index (χ1n) is 8.85. The second-order valence-electron chi connectivity index (χ2n) is 8.59. The molecule has 0 aromatic heterocycles. The van der Waals surface area contributed by atoms with Crippen LogP contribution in [0.25, 0.3) is 6.08 Å². The van der Waals surface area contributed by atoms with Crippen molar-refractivity contribution in [3.8, 4) is 0 Å². The average molecular weight is 360 g/mol. The predicted octanol–water partition coefficient (Wildman–Crippen LogP) is 3.65. The molecular formula is C20H29BO5. The lowest BCUT2D eigenvalue weighted by Gasteiger charge is -2.32. The summed E-state index contributed by atoms with van der Waals surface area (Å²) >= 11 is 0. The summed E-state index contributed by atoms with van der Waals surface area (Å²) in [6, 6.07) is 7.08. The summed E-state index contributed by atoms with van der Waals surface area (Å²) in [5, 5.41) is 9.80. The van der Waals surface area contributed by atoms with E-state index in [1.807, 2.05) is 54.5 Å². The lowest BCUT2D eigenvalue weighted by molar-refractivity contribution is 0.00578. The fourth-order valence-corrected chi connectivity index (χ4v) is 2.49. The maximum absolute atomic E-state index is 12.3. The normalized spacial score (nSPS) is 19.5. The SMILES string of the molecule is CC(C)(C)OC(=O)c1cccc(C=C(CO)B2OC(C)(C)C(C)(C)O2)c1. The Labute approximate surface area is 156 Å². The number of aliphatic hydroxyl groups excluding tert-OH is 1. The summed E-state index contributed by atoms with van der Waals surface area (Å²) in [5.74, 6) is -0.381. The molecule has 0 atom stereocenters. The number of hydrogen-bond acceptors (Lipinski definition) is 5. The van der Waals surface area contributed by atoms with E-state index in [-0.39, 0.29) is 12.6 Å². The first kappa shape index (κ1) is 20.7. The van der Waals surface area contributed by atoms with Crippen molar-refractivity contribution in [3.05, 3.63) is 40.9 Å². The lowest BCUT2D eigenvalue weighted by atomic mass is 9.77. The maximum Gasteiger partial charge on any atom is 0.492 e. The number of aliphatic hydroxyl groups is 1. The van der Waals surface area contributed by atoms with Gasteiger partial charge in [0, 0.05) is 0 Å². The van der Waals surface area contributed by atoms with Crippen molar-refractivity contribution in [2.75, 3.05) is 6.61 Å². The van der Waals surface area contributed by atoms with Gasteiger partial charge in [0.25, 0.3) is 0 Å². The fraction of sp³-hybridized carbons (Fsp3) is 0.550. The van der Waals surface area contributed by atoms with Gasteiger partial charge in [0.05, 0.1) is 23.4 Å². The van der Waals surface area contributed by atoms with Crippen molar-refractivity contribution in [1.29, 1.82) is 0 Å². The predicted molar refractivity (Wildman–Crippen MR) is 103 cm³/mol. The third kappa shape index (κ3) is 4.75. The Morgan fingerprint density at radius 3 is 2.27 bits per heavy atom. The maximum atomic E-state index is 12.3. The molecule has 1 saturated heterocycles. The van der Waals surface area contributed by atoms with Gasteiger partial charge < -0.3 is 19.2 Å². The quantitative estimate of drug-likeness (QED) is 0.656. The van der Waals surface area contributed by atoms with Crippen LogP contribution in [0.3, 0.4) is 0 Å². The third-order valence-corrected chi connectivity index (χ3v) is 4.61. The van der Waals surface area contributed by atoms with E-state index in [1.54, 1.807) is 24.3 Å². The number of rotatable bonds is 4. The van der Waals surface area contributed by atoms with Gasteiger partial charge in [-0.25, -0.2) is 4.79 Å². The van der Waals surface area contributed by atoms with Crippen molar-refractivity contribution >= 4 is 19.2 Å². The number of carbonyl (C=O) groups is 1. The lowest BCUT2D eigenvalue weighted by Crippen LogP contribution is -2.41. The molecule has 0 saturated carbocycles. The largest absolute Gasteiger partial charge is 0.492 e. The highest BCUT2D eigenvalue weighted by Gasteiger charge is 2.52. The van der Waals surface area contributed by atoms with Crippen molar-refractivity contribution in [1.82, 2.24) is 0 Å². The molecule has 1 aliphatic heterocycles. The number of benzene rings is 1. The monoisotopic (exact) mass is 360 g/mol.